The summed E-state index contributed by atoms with van der Waals surface area (Å²) in [6.45, 7) is 5.84. The highest BCUT2D eigenvalue weighted by atomic mass is 79.9. The molecule has 0 amide bonds. The van der Waals surface area contributed by atoms with E-state index in [4.69, 9.17) is 4.98 Å². The highest BCUT2D eigenvalue weighted by Crippen LogP contribution is 2.39. The number of nitrogens with one attached hydrogen (secondary N) is 2. The van der Waals surface area contributed by atoms with Gasteiger partial charge in [-0.1, -0.05) is 12.1 Å². The van der Waals surface area contributed by atoms with Crippen LogP contribution in [0, 0.1) is 18.3 Å². The molecule has 7 nitrogen and oxygen atoms in total. The minimum absolute atomic E-state index is 0. The standard InChI is InChI=1S/C24H21BrN6O.BrH/c1-14-21-22(15-2-5-17(6-3-15)31-10-8-27-9-11-31)18(13-26)23(28-24(21)30-29-14)16-4-7-20(32)19(25)12-16;/h2-7,12,27,32H,8-11H2,1H3,(H,28,29,30);1H. The number of fused-ring (bicyclic) bond motifs is 1. The molecule has 0 aliphatic carbocycles. The minimum Gasteiger partial charge on any atom is -0.507 e. The Morgan fingerprint density at radius 1 is 1.09 bits per heavy atom. The number of pyridine rings is 1. The lowest BCUT2D eigenvalue weighted by Crippen LogP contribution is -2.43. The van der Waals surface area contributed by atoms with Crippen LogP contribution in [-0.2, 0) is 0 Å². The van der Waals surface area contributed by atoms with Crippen LogP contribution >= 0.6 is 32.9 Å². The fraction of sp³-hybridized carbons (Fsp3) is 0.208. The molecule has 3 N–H and O–H groups in total. The minimum atomic E-state index is 0. The van der Waals surface area contributed by atoms with Gasteiger partial charge >= 0.3 is 0 Å². The van der Waals surface area contributed by atoms with Gasteiger partial charge in [-0.3, -0.25) is 5.10 Å². The van der Waals surface area contributed by atoms with Crippen molar-refractivity contribution >= 4 is 49.6 Å². The number of phenolic OH excluding ortho intramolecular Hbond substituents is 1. The Morgan fingerprint density at radius 3 is 2.45 bits per heavy atom. The molecule has 0 saturated carbocycles. The molecule has 168 valence electrons. The molecule has 2 aromatic heterocycles. The van der Waals surface area contributed by atoms with Crippen LogP contribution in [0.3, 0.4) is 0 Å². The molecule has 33 heavy (non-hydrogen) atoms. The number of nitrogens with zero attached hydrogens (tertiary/aromatic N) is 4. The predicted molar refractivity (Wildman–Crippen MR) is 139 cm³/mol. The molecular formula is C24H22Br2N6O. The van der Waals surface area contributed by atoms with Crippen LogP contribution in [0.15, 0.2) is 46.9 Å². The highest BCUT2D eigenvalue weighted by Gasteiger charge is 2.22. The van der Waals surface area contributed by atoms with Crippen molar-refractivity contribution in [3.8, 4) is 34.2 Å². The lowest BCUT2D eigenvalue weighted by atomic mass is 9.93. The average Bonchev–Trinajstić information content (AvgIpc) is 3.20. The molecule has 1 fully saturated rings. The summed E-state index contributed by atoms with van der Waals surface area (Å²) in [7, 11) is 0. The first-order valence-corrected chi connectivity index (χ1v) is 11.2. The zero-order valence-electron chi connectivity index (χ0n) is 17.9. The third-order valence-electron chi connectivity index (χ3n) is 5.85. The van der Waals surface area contributed by atoms with Crippen molar-refractivity contribution in [1.29, 1.82) is 5.26 Å². The topological polar surface area (TPSA) is 101 Å². The number of halogens is 2. The Bertz CT molecular complexity index is 1350. The fourth-order valence-corrected chi connectivity index (χ4v) is 4.60. The Morgan fingerprint density at radius 2 is 1.79 bits per heavy atom. The zero-order chi connectivity index (χ0) is 22.2. The lowest BCUT2D eigenvalue weighted by molar-refractivity contribution is 0.472. The summed E-state index contributed by atoms with van der Waals surface area (Å²) in [4.78, 5) is 7.06. The van der Waals surface area contributed by atoms with Crippen LogP contribution < -0.4 is 10.2 Å². The number of aryl methyl sites for hydroxylation is 1. The summed E-state index contributed by atoms with van der Waals surface area (Å²) in [5, 5.41) is 31.7. The zero-order valence-corrected chi connectivity index (χ0v) is 21.2. The fourth-order valence-electron chi connectivity index (χ4n) is 4.22. The summed E-state index contributed by atoms with van der Waals surface area (Å²) < 4.78 is 0.543. The van der Waals surface area contributed by atoms with Gasteiger partial charge in [0.1, 0.15) is 11.8 Å². The monoisotopic (exact) mass is 568 g/mol. The van der Waals surface area contributed by atoms with Gasteiger partial charge in [0.05, 0.1) is 21.1 Å². The molecule has 0 unspecified atom stereocenters. The molecule has 5 rings (SSSR count). The smallest absolute Gasteiger partial charge is 0.182 e. The number of nitriles is 1. The van der Waals surface area contributed by atoms with Crippen LogP contribution in [0.1, 0.15) is 11.3 Å². The second-order valence-electron chi connectivity index (χ2n) is 7.82. The second kappa shape index (κ2) is 9.51. The first kappa shape index (κ1) is 23.2. The second-order valence-corrected chi connectivity index (χ2v) is 8.67. The molecular weight excluding hydrogens is 548 g/mol. The Hall–Kier alpha value is -2.93. The number of phenols is 1. The third kappa shape index (κ3) is 4.22. The quantitative estimate of drug-likeness (QED) is 0.323. The maximum absolute atomic E-state index is 10.2. The van der Waals surface area contributed by atoms with Gasteiger partial charge in [0, 0.05) is 48.7 Å². The van der Waals surface area contributed by atoms with Crippen LogP contribution in [0.5, 0.6) is 5.75 Å². The number of aromatic hydroxyl groups is 1. The van der Waals surface area contributed by atoms with E-state index >= 15 is 0 Å². The summed E-state index contributed by atoms with van der Waals surface area (Å²) in [5.41, 5.74) is 6.10. The van der Waals surface area contributed by atoms with Crippen molar-refractivity contribution in [2.24, 2.45) is 0 Å². The van der Waals surface area contributed by atoms with E-state index in [1.165, 1.54) is 5.69 Å². The lowest BCUT2D eigenvalue weighted by Gasteiger charge is -2.29. The van der Waals surface area contributed by atoms with Crippen LogP contribution in [0.2, 0.25) is 0 Å². The molecule has 1 saturated heterocycles. The van der Waals surface area contributed by atoms with Gasteiger partial charge in [0.25, 0.3) is 0 Å². The Balaban J connectivity index is 0.00000259. The molecule has 2 aromatic carbocycles. The summed E-state index contributed by atoms with van der Waals surface area (Å²) in [5.74, 6) is 0.132. The molecule has 0 spiro atoms. The molecule has 3 heterocycles. The van der Waals surface area contributed by atoms with Crippen LogP contribution in [-0.4, -0.2) is 46.5 Å². The van der Waals surface area contributed by atoms with Gasteiger partial charge in [-0.05, 0) is 58.7 Å². The maximum atomic E-state index is 10.2. The number of piperazine rings is 1. The van der Waals surface area contributed by atoms with Crippen molar-refractivity contribution in [2.45, 2.75) is 6.92 Å². The molecule has 4 aromatic rings. The molecule has 1 aliphatic heterocycles. The Kier molecular flexibility index (Phi) is 6.70. The number of H-pyrrole nitrogens is 1. The van der Waals surface area contributed by atoms with Crippen molar-refractivity contribution in [2.75, 3.05) is 31.1 Å². The molecule has 0 radical (unpaired) electrons. The van der Waals surface area contributed by atoms with E-state index in [2.05, 4.69) is 66.7 Å². The average molecular weight is 570 g/mol. The maximum Gasteiger partial charge on any atom is 0.182 e. The van der Waals surface area contributed by atoms with Gasteiger partial charge in [-0.25, -0.2) is 4.98 Å². The molecule has 0 bridgehead atoms. The van der Waals surface area contributed by atoms with E-state index < -0.39 is 0 Å². The van der Waals surface area contributed by atoms with Crippen LogP contribution in [0.4, 0.5) is 5.69 Å². The number of hydrogen-bond donors (Lipinski definition) is 3. The van der Waals surface area contributed by atoms with Gasteiger partial charge in [-0.15, -0.1) is 17.0 Å². The van der Waals surface area contributed by atoms with E-state index in [-0.39, 0.29) is 22.7 Å². The van der Waals surface area contributed by atoms with E-state index in [9.17, 15) is 10.4 Å². The van der Waals surface area contributed by atoms with Gasteiger partial charge in [0.2, 0.25) is 0 Å². The SMILES string of the molecule is Br.Cc1[nH]nc2nc(-c3ccc(O)c(Br)c3)c(C#N)c(-c3ccc(N4CCNCC4)cc3)c12. The molecule has 0 atom stereocenters. The number of anilines is 1. The molecule has 9 heteroatoms. The van der Waals surface area contributed by atoms with Crippen LogP contribution in [0.25, 0.3) is 33.4 Å². The summed E-state index contributed by atoms with van der Waals surface area (Å²) in [6.07, 6.45) is 0. The van der Waals surface area contributed by atoms with E-state index in [1.807, 2.05) is 6.92 Å². The summed E-state index contributed by atoms with van der Waals surface area (Å²) in [6, 6.07) is 15.8. The van der Waals surface area contributed by atoms with Crippen molar-refractivity contribution in [3.05, 3.63) is 58.2 Å². The predicted octanol–water partition coefficient (Wildman–Crippen LogP) is 4.93. The van der Waals surface area contributed by atoms with Crippen molar-refractivity contribution in [3.63, 3.8) is 0 Å². The number of benzene rings is 2. The number of hydrogen-bond acceptors (Lipinski definition) is 6. The highest BCUT2D eigenvalue weighted by molar-refractivity contribution is 9.10. The first-order chi connectivity index (χ1) is 15.6. The van der Waals surface area contributed by atoms with E-state index in [0.717, 1.165) is 53.9 Å². The third-order valence-corrected chi connectivity index (χ3v) is 6.49. The number of aromatic nitrogens is 3. The largest absolute Gasteiger partial charge is 0.507 e. The van der Waals surface area contributed by atoms with E-state index in [0.29, 0.717) is 21.4 Å². The first-order valence-electron chi connectivity index (χ1n) is 10.4. The van der Waals surface area contributed by atoms with E-state index in [1.54, 1.807) is 18.2 Å². The number of rotatable bonds is 3. The van der Waals surface area contributed by atoms with Gasteiger partial charge in [0.15, 0.2) is 5.65 Å². The normalized spacial score (nSPS) is 13.5. The number of aromatic amines is 1. The molecule has 1 aliphatic rings. The summed E-state index contributed by atoms with van der Waals surface area (Å²) >= 11 is 3.36. The Labute approximate surface area is 210 Å². The van der Waals surface area contributed by atoms with Crippen molar-refractivity contribution < 1.29 is 5.11 Å². The van der Waals surface area contributed by atoms with Gasteiger partial charge < -0.3 is 15.3 Å². The van der Waals surface area contributed by atoms with Gasteiger partial charge in [-0.2, -0.15) is 10.4 Å². The van der Waals surface area contributed by atoms with Crippen molar-refractivity contribution in [1.82, 2.24) is 20.5 Å².